The second kappa shape index (κ2) is 8.49. The summed E-state index contributed by atoms with van der Waals surface area (Å²) < 4.78 is 0. The molecule has 0 spiro atoms. The van der Waals surface area contributed by atoms with Crippen LogP contribution in [0.4, 0.5) is 5.69 Å². The van der Waals surface area contributed by atoms with Crippen LogP contribution in [0.25, 0.3) is 0 Å². The highest BCUT2D eigenvalue weighted by molar-refractivity contribution is 7.80. The molecule has 0 aliphatic heterocycles. The second-order valence-corrected chi connectivity index (χ2v) is 5.78. The average molecular weight is 313 g/mol. The quantitative estimate of drug-likeness (QED) is 0.771. The topological polar surface area (TPSA) is 37.0 Å². The molecule has 0 amide bonds. The highest BCUT2D eigenvalue weighted by atomic mass is 32.1. The van der Waals surface area contributed by atoms with Gasteiger partial charge in [-0.3, -0.25) is 4.98 Å². The standard InChI is InChI=1S/C18H23N3S/c1-3-4-7-15-9-11-16(12-10-15)21-18(22)20-14(2)17-8-5-6-13-19-17/h5-6,8-14H,3-4,7H2,1-2H3,(H2,20,21,22)/t14-/m0/s1. The minimum atomic E-state index is 0.0741. The van der Waals surface area contributed by atoms with Gasteiger partial charge in [-0.05, 0) is 61.8 Å². The van der Waals surface area contributed by atoms with Gasteiger partial charge in [0.15, 0.2) is 5.11 Å². The Bertz CT molecular complexity index is 581. The highest BCUT2D eigenvalue weighted by Crippen LogP contribution is 2.13. The lowest BCUT2D eigenvalue weighted by Gasteiger charge is -2.16. The van der Waals surface area contributed by atoms with Gasteiger partial charge in [-0.1, -0.05) is 31.5 Å². The van der Waals surface area contributed by atoms with Crippen molar-refractivity contribution in [1.29, 1.82) is 0 Å². The van der Waals surface area contributed by atoms with Gasteiger partial charge in [0.05, 0.1) is 11.7 Å². The van der Waals surface area contributed by atoms with Crippen molar-refractivity contribution in [3.8, 4) is 0 Å². The maximum atomic E-state index is 5.37. The molecule has 1 heterocycles. The zero-order valence-corrected chi connectivity index (χ0v) is 14.0. The van der Waals surface area contributed by atoms with Gasteiger partial charge in [0.25, 0.3) is 0 Å². The summed E-state index contributed by atoms with van der Waals surface area (Å²) in [7, 11) is 0. The molecule has 2 aromatic rings. The molecule has 0 bridgehead atoms. The molecule has 0 radical (unpaired) electrons. The zero-order valence-electron chi connectivity index (χ0n) is 13.2. The SMILES string of the molecule is CCCCc1ccc(NC(=S)N[C@@H](C)c2ccccn2)cc1. The molecule has 1 aromatic carbocycles. The molecular formula is C18H23N3S. The van der Waals surface area contributed by atoms with E-state index in [1.807, 2.05) is 25.1 Å². The van der Waals surface area contributed by atoms with Crippen LogP contribution in [0.2, 0.25) is 0 Å². The molecule has 1 aromatic heterocycles. The Morgan fingerprint density at radius 1 is 1.18 bits per heavy atom. The van der Waals surface area contributed by atoms with Gasteiger partial charge in [0.2, 0.25) is 0 Å². The lowest BCUT2D eigenvalue weighted by molar-refractivity contribution is 0.696. The number of thiocarbonyl (C=S) groups is 1. The minimum Gasteiger partial charge on any atom is -0.354 e. The number of rotatable bonds is 6. The summed E-state index contributed by atoms with van der Waals surface area (Å²) in [5.74, 6) is 0. The van der Waals surface area contributed by atoms with Crippen molar-refractivity contribution in [2.75, 3.05) is 5.32 Å². The first-order valence-electron chi connectivity index (χ1n) is 7.76. The van der Waals surface area contributed by atoms with Crippen LogP contribution in [0.5, 0.6) is 0 Å². The third-order valence-corrected chi connectivity index (χ3v) is 3.73. The van der Waals surface area contributed by atoms with Crippen molar-refractivity contribution in [2.24, 2.45) is 0 Å². The van der Waals surface area contributed by atoms with Crippen molar-refractivity contribution < 1.29 is 0 Å². The Morgan fingerprint density at radius 3 is 2.59 bits per heavy atom. The van der Waals surface area contributed by atoms with Gasteiger partial charge >= 0.3 is 0 Å². The van der Waals surface area contributed by atoms with E-state index in [-0.39, 0.29) is 6.04 Å². The van der Waals surface area contributed by atoms with E-state index in [1.165, 1.54) is 18.4 Å². The molecule has 2 rings (SSSR count). The van der Waals surface area contributed by atoms with E-state index >= 15 is 0 Å². The summed E-state index contributed by atoms with van der Waals surface area (Å²) in [5.41, 5.74) is 3.35. The zero-order chi connectivity index (χ0) is 15.8. The third-order valence-electron chi connectivity index (χ3n) is 3.51. The van der Waals surface area contributed by atoms with Gasteiger partial charge in [-0.25, -0.2) is 0 Å². The smallest absolute Gasteiger partial charge is 0.171 e. The van der Waals surface area contributed by atoms with Gasteiger partial charge in [-0.2, -0.15) is 0 Å². The predicted molar refractivity (Wildman–Crippen MR) is 97.1 cm³/mol. The number of nitrogens with one attached hydrogen (secondary N) is 2. The van der Waals surface area contributed by atoms with Gasteiger partial charge in [0, 0.05) is 11.9 Å². The molecule has 0 aliphatic carbocycles. The highest BCUT2D eigenvalue weighted by Gasteiger charge is 2.07. The number of unbranched alkanes of at least 4 members (excludes halogenated alkanes) is 1. The van der Waals surface area contributed by atoms with Gasteiger partial charge in [-0.15, -0.1) is 0 Å². The Balaban J connectivity index is 1.86. The fraction of sp³-hybridized carbons (Fsp3) is 0.333. The number of benzene rings is 1. The van der Waals surface area contributed by atoms with Crippen LogP contribution in [-0.4, -0.2) is 10.1 Å². The van der Waals surface area contributed by atoms with E-state index in [1.54, 1.807) is 6.20 Å². The Labute approximate surface area is 138 Å². The normalized spacial score (nSPS) is 11.7. The molecule has 3 nitrogen and oxygen atoms in total. The summed E-state index contributed by atoms with van der Waals surface area (Å²) in [6.45, 7) is 4.26. The first kappa shape index (κ1) is 16.4. The third kappa shape index (κ3) is 5.11. The van der Waals surface area contributed by atoms with E-state index in [2.05, 4.69) is 46.8 Å². The average Bonchev–Trinajstić information content (AvgIpc) is 2.55. The molecule has 0 saturated carbocycles. The van der Waals surface area contributed by atoms with Gasteiger partial charge in [0.1, 0.15) is 0 Å². The van der Waals surface area contributed by atoms with Crippen LogP contribution >= 0.6 is 12.2 Å². The summed E-state index contributed by atoms with van der Waals surface area (Å²) >= 11 is 5.37. The number of pyridine rings is 1. The van der Waals surface area contributed by atoms with E-state index in [9.17, 15) is 0 Å². The van der Waals surface area contributed by atoms with Crippen LogP contribution in [0.1, 0.15) is 44.0 Å². The Morgan fingerprint density at radius 2 is 1.95 bits per heavy atom. The van der Waals surface area contributed by atoms with E-state index in [0.717, 1.165) is 17.8 Å². The van der Waals surface area contributed by atoms with Crippen LogP contribution in [-0.2, 0) is 6.42 Å². The number of hydrogen-bond acceptors (Lipinski definition) is 2. The Kier molecular flexibility index (Phi) is 6.34. The van der Waals surface area contributed by atoms with Crippen LogP contribution in [0.3, 0.4) is 0 Å². The number of aromatic nitrogens is 1. The van der Waals surface area contributed by atoms with E-state index < -0.39 is 0 Å². The maximum absolute atomic E-state index is 5.37. The second-order valence-electron chi connectivity index (χ2n) is 5.38. The molecule has 2 N–H and O–H groups in total. The summed E-state index contributed by atoms with van der Waals surface area (Å²) in [5, 5.41) is 7.08. The molecule has 116 valence electrons. The maximum Gasteiger partial charge on any atom is 0.171 e. The molecule has 0 unspecified atom stereocenters. The lowest BCUT2D eigenvalue weighted by Crippen LogP contribution is -2.31. The molecule has 0 saturated heterocycles. The van der Waals surface area contributed by atoms with Crippen molar-refractivity contribution in [3.63, 3.8) is 0 Å². The van der Waals surface area contributed by atoms with E-state index in [0.29, 0.717) is 5.11 Å². The number of nitrogens with zero attached hydrogens (tertiary/aromatic N) is 1. The monoisotopic (exact) mass is 313 g/mol. The first-order valence-corrected chi connectivity index (χ1v) is 8.17. The van der Waals surface area contributed by atoms with Gasteiger partial charge < -0.3 is 10.6 Å². The van der Waals surface area contributed by atoms with Crippen molar-refractivity contribution in [3.05, 3.63) is 59.9 Å². The van der Waals surface area contributed by atoms with Crippen molar-refractivity contribution in [1.82, 2.24) is 10.3 Å². The molecular weight excluding hydrogens is 290 g/mol. The number of aryl methyl sites for hydroxylation is 1. The van der Waals surface area contributed by atoms with Crippen LogP contribution in [0.15, 0.2) is 48.7 Å². The van der Waals surface area contributed by atoms with Crippen LogP contribution in [0, 0.1) is 0 Å². The molecule has 1 atom stereocenters. The molecule has 0 aliphatic rings. The lowest BCUT2D eigenvalue weighted by atomic mass is 10.1. The number of hydrogen-bond donors (Lipinski definition) is 2. The van der Waals surface area contributed by atoms with Crippen LogP contribution < -0.4 is 10.6 Å². The van der Waals surface area contributed by atoms with Crippen molar-refractivity contribution in [2.45, 2.75) is 39.2 Å². The largest absolute Gasteiger partial charge is 0.354 e. The first-order chi connectivity index (χ1) is 10.7. The Hall–Kier alpha value is -1.94. The summed E-state index contributed by atoms with van der Waals surface area (Å²) in [6.07, 6.45) is 5.38. The fourth-order valence-corrected chi connectivity index (χ4v) is 2.50. The fourth-order valence-electron chi connectivity index (χ4n) is 2.21. The summed E-state index contributed by atoms with van der Waals surface area (Å²) in [4.78, 5) is 4.33. The summed E-state index contributed by atoms with van der Waals surface area (Å²) in [6, 6.07) is 14.4. The van der Waals surface area contributed by atoms with E-state index in [4.69, 9.17) is 12.2 Å². The van der Waals surface area contributed by atoms with Crippen molar-refractivity contribution >= 4 is 23.0 Å². The molecule has 0 fully saturated rings. The molecule has 22 heavy (non-hydrogen) atoms. The predicted octanol–water partition coefficient (Wildman–Crippen LogP) is 4.47. The molecule has 4 heteroatoms. The minimum absolute atomic E-state index is 0.0741. The number of anilines is 1.